The Morgan fingerprint density at radius 2 is 2.12 bits per heavy atom. The smallest absolute Gasteiger partial charge is 0.227 e. The highest BCUT2D eigenvalue weighted by atomic mass is 32.1. The third-order valence-corrected chi connectivity index (χ3v) is 6.75. The van der Waals surface area contributed by atoms with Crippen LogP contribution in [-0.2, 0) is 16.1 Å². The van der Waals surface area contributed by atoms with Crippen LogP contribution in [0, 0.1) is 5.92 Å². The number of hydrogen-bond acceptors (Lipinski definition) is 6. The zero-order valence-corrected chi connectivity index (χ0v) is 15.8. The number of amides is 1. The van der Waals surface area contributed by atoms with Crippen molar-refractivity contribution in [2.75, 3.05) is 51.3 Å². The van der Waals surface area contributed by atoms with Crippen LogP contribution in [0.5, 0.6) is 0 Å². The van der Waals surface area contributed by atoms with E-state index in [0.717, 1.165) is 52.1 Å². The van der Waals surface area contributed by atoms with Gasteiger partial charge in [0.1, 0.15) is 0 Å². The lowest BCUT2D eigenvalue weighted by atomic mass is 9.94. The first-order valence-electron chi connectivity index (χ1n) is 9.46. The Labute approximate surface area is 153 Å². The van der Waals surface area contributed by atoms with Gasteiger partial charge in [-0.2, -0.15) is 0 Å². The maximum Gasteiger partial charge on any atom is 0.227 e. The van der Waals surface area contributed by atoms with E-state index in [2.05, 4.69) is 19.7 Å². The number of fused-ring (bicyclic) bond motifs is 4. The molecule has 4 aliphatic rings. The second kappa shape index (κ2) is 7.60. The first-order chi connectivity index (χ1) is 12.2. The summed E-state index contributed by atoms with van der Waals surface area (Å²) in [5.41, 5.74) is 0. The van der Waals surface area contributed by atoms with E-state index in [0.29, 0.717) is 18.6 Å². The van der Waals surface area contributed by atoms with Gasteiger partial charge in [-0.25, -0.2) is 4.98 Å². The SMILES string of the molecule is COCCN1C(=O)[C@@H]2CC[C@H]1CN(Cc1cnc(N3CCCC3)s1)C2. The molecule has 138 valence electrons. The molecule has 4 fully saturated rings. The Kier molecular flexibility index (Phi) is 5.24. The van der Waals surface area contributed by atoms with Crippen molar-refractivity contribution in [3.05, 3.63) is 11.1 Å². The van der Waals surface area contributed by atoms with Crippen LogP contribution in [-0.4, -0.2) is 73.2 Å². The summed E-state index contributed by atoms with van der Waals surface area (Å²) in [4.78, 5) is 25.6. The number of carbonyl (C=O) groups excluding carboxylic acids is 1. The second-order valence-electron chi connectivity index (χ2n) is 7.45. The largest absolute Gasteiger partial charge is 0.383 e. The molecule has 1 amide bonds. The van der Waals surface area contributed by atoms with Gasteiger partial charge in [0, 0.05) is 63.5 Å². The van der Waals surface area contributed by atoms with Gasteiger partial charge in [0.05, 0.1) is 12.5 Å². The van der Waals surface area contributed by atoms with Gasteiger partial charge in [0.2, 0.25) is 5.91 Å². The summed E-state index contributed by atoms with van der Waals surface area (Å²) >= 11 is 1.82. The number of rotatable bonds is 6. The molecule has 4 aliphatic heterocycles. The predicted octanol–water partition coefficient (Wildman–Crippen LogP) is 1.81. The van der Waals surface area contributed by atoms with Gasteiger partial charge in [-0.3, -0.25) is 9.69 Å². The molecule has 0 spiro atoms. The monoisotopic (exact) mass is 364 g/mol. The molecule has 0 N–H and O–H groups in total. The number of anilines is 1. The highest BCUT2D eigenvalue weighted by Gasteiger charge is 2.40. The fourth-order valence-electron chi connectivity index (χ4n) is 4.39. The second-order valence-corrected chi connectivity index (χ2v) is 8.54. The van der Waals surface area contributed by atoms with Crippen molar-refractivity contribution in [1.29, 1.82) is 0 Å². The summed E-state index contributed by atoms with van der Waals surface area (Å²) in [5.74, 6) is 0.486. The third-order valence-electron chi connectivity index (χ3n) is 5.70. The number of thiazole rings is 1. The first kappa shape index (κ1) is 17.2. The van der Waals surface area contributed by atoms with Crippen molar-refractivity contribution in [1.82, 2.24) is 14.8 Å². The van der Waals surface area contributed by atoms with E-state index in [1.165, 1.54) is 22.9 Å². The van der Waals surface area contributed by atoms with Gasteiger partial charge in [-0.05, 0) is 25.7 Å². The summed E-state index contributed by atoms with van der Waals surface area (Å²) in [7, 11) is 1.70. The molecule has 0 radical (unpaired) electrons. The van der Waals surface area contributed by atoms with E-state index < -0.39 is 0 Å². The van der Waals surface area contributed by atoms with Crippen LogP contribution >= 0.6 is 11.3 Å². The number of carbonyl (C=O) groups is 1. The van der Waals surface area contributed by atoms with E-state index in [4.69, 9.17) is 4.74 Å². The molecule has 4 saturated heterocycles. The fourth-order valence-corrected chi connectivity index (χ4v) is 5.39. The van der Waals surface area contributed by atoms with Crippen molar-refractivity contribution >= 4 is 22.4 Å². The first-order valence-corrected chi connectivity index (χ1v) is 10.3. The Morgan fingerprint density at radius 3 is 2.92 bits per heavy atom. The Balaban J connectivity index is 1.41. The van der Waals surface area contributed by atoms with Crippen molar-refractivity contribution in [2.45, 2.75) is 38.3 Å². The minimum Gasteiger partial charge on any atom is -0.383 e. The van der Waals surface area contributed by atoms with Crippen LogP contribution in [0.25, 0.3) is 0 Å². The van der Waals surface area contributed by atoms with E-state index in [9.17, 15) is 4.79 Å². The summed E-state index contributed by atoms with van der Waals surface area (Å²) < 4.78 is 5.20. The molecule has 1 aromatic heterocycles. The van der Waals surface area contributed by atoms with Gasteiger partial charge in [0.25, 0.3) is 0 Å². The molecule has 0 aromatic carbocycles. The van der Waals surface area contributed by atoms with Crippen molar-refractivity contribution in [3.8, 4) is 0 Å². The molecule has 7 heteroatoms. The van der Waals surface area contributed by atoms with Crippen LogP contribution in [0.2, 0.25) is 0 Å². The number of aromatic nitrogens is 1. The molecule has 5 heterocycles. The summed E-state index contributed by atoms with van der Waals surface area (Å²) in [6.45, 7) is 6.42. The van der Waals surface area contributed by atoms with Crippen LogP contribution < -0.4 is 4.90 Å². The van der Waals surface area contributed by atoms with E-state index in [-0.39, 0.29) is 5.92 Å². The lowest BCUT2D eigenvalue weighted by molar-refractivity contribution is -0.140. The van der Waals surface area contributed by atoms with Crippen molar-refractivity contribution < 1.29 is 9.53 Å². The highest BCUT2D eigenvalue weighted by Crippen LogP contribution is 2.31. The Bertz CT molecular complexity index is 602. The molecule has 0 saturated carbocycles. The molecular formula is C18H28N4O2S. The average molecular weight is 365 g/mol. The molecule has 2 atom stereocenters. The molecule has 1 aromatic rings. The topological polar surface area (TPSA) is 48.9 Å². The summed E-state index contributed by atoms with van der Waals surface area (Å²) in [6.07, 6.45) is 6.76. The molecule has 0 unspecified atom stereocenters. The molecule has 25 heavy (non-hydrogen) atoms. The normalized spacial score (nSPS) is 27.3. The molecule has 5 rings (SSSR count). The van der Waals surface area contributed by atoms with E-state index in [1.54, 1.807) is 7.11 Å². The summed E-state index contributed by atoms with van der Waals surface area (Å²) in [5, 5.41) is 1.17. The van der Waals surface area contributed by atoms with Gasteiger partial charge in [-0.1, -0.05) is 0 Å². The Hall–Kier alpha value is -1.18. The van der Waals surface area contributed by atoms with Crippen LogP contribution in [0.1, 0.15) is 30.6 Å². The zero-order valence-electron chi connectivity index (χ0n) is 15.0. The van der Waals surface area contributed by atoms with Gasteiger partial charge < -0.3 is 14.5 Å². The van der Waals surface area contributed by atoms with Gasteiger partial charge in [0.15, 0.2) is 5.13 Å². The Morgan fingerprint density at radius 1 is 1.28 bits per heavy atom. The maximum atomic E-state index is 12.7. The van der Waals surface area contributed by atoms with Gasteiger partial charge >= 0.3 is 0 Å². The molecular weight excluding hydrogens is 336 g/mol. The van der Waals surface area contributed by atoms with E-state index >= 15 is 0 Å². The van der Waals surface area contributed by atoms with Crippen LogP contribution in [0.15, 0.2) is 6.20 Å². The number of ether oxygens (including phenoxy) is 1. The number of hydrogen-bond donors (Lipinski definition) is 0. The summed E-state index contributed by atoms with van der Waals surface area (Å²) in [6, 6.07) is 0.340. The van der Waals surface area contributed by atoms with Crippen LogP contribution in [0.3, 0.4) is 0 Å². The maximum absolute atomic E-state index is 12.7. The molecule has 2 bridgehead atoms. The lowest BCUT2D eigenvalue weighted by Gasteiger charge is -2.35. The molecule has 0 aliphatic carbocycles. The predicted molar refractivity (Wildman–Crippen MR) is 98.9 cm³/mol. The number of methoxy groups -OCH3 is 1. The quantitative estimate of drug-likeness (QED) is 0.771. The number of piperidine rings is 1. The highest BCUT2D eigenvalue weighted by molar-refractivity contribution is 7.15. The fraction of sp³-hybridized carbons (Fsp3) is 0.778. The minimum atomic E-state index is 0.154. The third kappa shape index (κ3) is 3.68. The van der Waals surface area contributed by atoms with Crippen molar-refractivity contribution in [2.24, 2.45) is 5.92 Å². The lowest BCUT2D eigenvalue weighted by Crippen LogP contribution is -2.49. The van der Waals surface area contributed by atoms with Gasteiger partial charge in [-0.15, -0.1) is 11.3 Å². The number of nitrogens with zero attached hydrogens (tertiary/aromatic N) is 4. The van der Waals surface area contributed by atoms with Crippen LogP contribution in [0.4, 0.5) is 5.13 Å². The van der Waals surface area contributed by atoms with Crippen molar-refractivity contribution in [3.63, 3.8) is 0 Å². The average Bonchev–Trinajstić information content (AvgIpc) is 3.22. The standard InChI is InChI=1S/C18H28N4O2S/c1-24-9-8-22-15-5-4-14(17(22)23)11-20(12-15)13-16-10-19-18(25-16)21-6-2-3-7-21/h10,14-15H,2-9,11-13H2,1H3/t14-,15+/m1/s1. The minimum absolute atomic E-state index is 0.154. The zero-order chi connectivity index (χ0) is 17.2. The van der Waals surface area contributed by atoms with E-state index in [1.807, 2.05) is 17.5 Å². The molecule has 6 nitrogen and oxygen atoms in total.